The molecule has 4 rings (SSSR count). The highest BCUT2D eigenvalue weighted by Crippen LogP contribution is 2.28. The lowest BCUT2D eigenvalue weighted by Gasteiger charge is -2.36. The molecule has 3 aromatic rings. The summed E-state index contributed by atoms with van der Waals surface area (Å²) in [6.45, 7) is 3.44. The Labute approximate surface area is 177 Å². The van der Waals surface area contributed by atoms with Crippen molar-refractivity contribution in [1.82, 2.24) is 4.90 Å². The predicted molar refractivity (Wildman–Crippen MR) is 118 cm³/mol. The summed E-state index contributed by atoms with van der Waals surface area (Å²) in [5, 5.41) is 0. The Kier molecular flexibility index (Phi) is 6.18. The Balaban J connectivity index is 1.33. The number of piperazine rings is 1. The highest BCUT2D eigenvalue weighted by molar-refractivity contribution is 5.94. The molecule has 1 saturated heterocycles. The quantitative estimate of drug-likeness (QED) is 0.619. The number of ether oxygens (including phenoxy) is 2. The SMILES string of the molecule is COc1ccccc1N1CCN(C(=O)c2ccc(COc3ccccc3)cc2)CC1. The number of hydrogen-bond donors (Lipinski definition) is 0. The number of amides is 1. The number of hydrogen-bond acceptors (Lipinski definition) is 4. The van der Waals surface area contributed by atoms with E-state index in [1.807, 2.05) is 77.7 Å². The molecule has 1 aliphatic rings. The van der Waals surface area contributed by atoms with Crippen molar-refractivity contribution < 1.29 is 14.3 Å². The van der Waals surface area contributed by atoms with E-state index in [-0.39, 0.29) is 5.91 Å². The fourth-order valence-corrected chi connectivity index (χ4v) is 3.65. The average molecular weight is 402 g/mol. The Morgan fingerprint density at radius 3 is 2.20 bits per heavy atom. The number of methoxy groups -OCH3 is 1. The summed E-state index contributed by atoms with van der Waals surface area (Å²) in [6.07, 6.45) is 0. The first-order valence-corrected chi connectivity index (χ1v) is 10.2. The van der Waals surface area contributed by atoms with Gasteiger partial charge in [-0.05, 0) is 42.0 Å². The van der Waals surface area contributed by atoms with Crippen LogP contribution in [0.1, 0.15) is 15.9 Å². The molecule has 0 N–H and O–H groups in total. The Morgan fingerprint density at radius 2 is 1.50 bits per heavy atom. The largest absolute Gasteiger partial charge is 0.495 e. The van der Waals surface area contributed by atoms with E-state index in [9.17, 15) is 4.79 Å². The lowest BCUT2D eigenvalue weighted by Crippen LogP contribution is -2.48. The molecule has 0 saturated carbocycles. The van der Waals surface area contributed by atoms with E-state index < -0.39 is 0 Å². The summed E-state index contributed by atoms with van der Waals surface area (Å²) >= 11 is 0. The zero-order chi connectivity index (χ0) is 20.8. The van der Waals surface area contributed by atoms with Crippen molar-refractivity contribution in [3.63, 3.8) is 0 Å². The van der Waals surface area contributed by atoms with Crippen molar-refractivity contribution >= 4 is 11.6 Å². The summed E-state index contributed by atoms with van der Waals surface area (Å²) in [5.74, 6) is 1.78. The molecule has 0 atom stereocenters. The van der Waals surface area contributed by atoms with Gasteiger partial charge in [0.25, 0.3) is 5.91 Å². The molecule has 0 spiro atoms. The molecule has 5 heteroatoms. The minimum atomic E-state index is 0.0743. The van der Waals surface area contributed by atoms with Crippen LogP contribution in [-0.2, 0) is 6.61 Å². The van der Waals surface area contributed by atoms with Gasteiger partial charge in [0.15, 0.2) is 0 Å². The molecular formula is C25H26N2O3. The molecular weight excluding hydrogens is 376 g/mol. The first kappa shape index (κ1) is 19.8. The number of nitrogens with zero attached hydrogens (tertiary/aromatic N) is 2. The third-order valence-electron chi connectivity index (χ3n) is 5.34. The standard InChI is InChI=1S/C25H26N2O3/c1-29-24-10-6-5-9-23(24)26-15-17-27(18-16-26)25(28)21-13-11-20(12-14-21)19-30-22-7-3-2-4-8-22/h2-14H,15-19H2,1H3. The average Bonchev–Trinajstić information content (AvgIpc) is 2.83. The van der Waals surface area contributed by atoms with E-state index in [1.54, 1.807) is 7.11 Å². The van der Waals surface area contributed by atoms with Gasteiger partial charge in [0.1, 0.15) is 18.1 Å². The maximum absolute atomic E-state index is 12.9. The molecule has 1 amide bonds. The molecule has 1 fully saturated rings. The van der Waals surface area contributed by atoms with Crippen LogP contribution >= 0.6 is 0 Å². The number of rotatable bonds is 6. The lowest BCUT2D eigenvalue weighted by molar-refractivity contribution is 0.0746. The van der Waals surface area contributed by atoms with Crippen LogP contribution in [0.5, 0.6) is 11.5 Å². The van der Waals surface area contributed by atoms with Crippen LogP contribution in [0, 0.1) is 0 Å². The normalized spacial score (nSPS) is 13.8. The van der Waals surface area contributed by atoms with E-state index in [2.05, 4.69) is 11.0 Å². The van der Waals surface area contributed by atoms with E-state index in [1.165, 1.54) is 0 Å². The maximum Gasteiger partial charge on any atom is 0.253 e. The number of benzene rings is 3. The molecule has 0 aliphatic carbocycles. The third-order valence-corrected chi connectivity index (χ3v) is 5.34. The predicted octanol–water partition coefficient (Wildman–Crippen LogP) is 4.24. The van der Waals surface area contributed by atoms with Crippen molar-refractivity contribution in [3.8, 4) is 11.5 Å². The van der Waals surface area contributed by atoms with Gasteiger partial charge in [-0.1, -0.05) is 42.5 Å². The summed E-state index contributed by atoms with van der Waals surface area (Å²) in [6, 6.07) is 25.4. The van der Waals surface area contributed by atoms with Crippen LogP contribution in [0.15, 0.2) is 78.9 Å². The minimum Gasteiger partial charge on any atom is -0.495 e. The Hall–Kier alpha value is -3.47. The second-order valence-corrected chi connectivity index (χ2v) is 7.25. The Morgan fingerprint density at radius 1 is 0.833 bits per heavy atom. The maximum atomic E-state index is 12.9. The van der Waals surface area contributed by atoms with Crippen LogP contribution in [0.25, 0.3) is 0 Å². The van der Waals surface area contributed by atoms with Gasteiger partial charge in [-0.15, -0.1) is 0 Å². The second-order valence-electron chi connectivity index (χ2n) is 7.25. The van der Waals surface area contributed by atoms with Crippen molar-refractivity contribution in [2.75, 3.05) is 38.2 Å². The highest BCUT2D eigenvalue weighted by Gasteiger charge is 2.23. The van der Waals surface area contributed by atoms with E-state index in [4.69, 9.17) is 9.47 Å². The molecule has 154 valence electrons. The van der Waals surface area contributed by atoms with Gasteiger partial charge in [0.05, 0.1) is 12.8 Å². The van der Waals surface area contributed by atoms with Gasteiger partial charge in [-0.3, -0.25) is 4.79 Å². The summed E-state index contributed by atoms with van der Waals surface area (Å²) < 4.78 is 11.2. The first-order chi connectivity index (χ1) is 14.7. The van der Waals surface area contributed by atoms with Gasteiger partial charge in [0.2, 0.25) is 0 Å². The van der Waals surface area contributed by atoms with E-state index >= 15 is 0 Å². The summed E-state index contributed by atoms with van der Waals surface area (Å²) in [7, 11) is 1.69. The van der Waals surface area contributed by atoms with Gasteiger partial charge in [0, 0.05) is 31.7 Å². The van der Waals surface area contributed by atoms with Gasteiger partial charge >= 0.3 is 0 Å². The molecule has 0 radical (unpaired) electrons. The molecule has 0 bridgehead atoms. The molecule has 1 heterocycles. The van der Waals surface area contributed by atoms with Crippen LogP contribution in [0.2, 0.25) is 0 Å². The fourth-order valence-electron chi connectivity index (χ4n) is 3.65. The number of carbonyl (C=O) groups is 1. The molecule has 3 aromatic carbocycles. The molecule has 0 unspecified atom stereocenters. The number of para-hydroxylation sites is 3. The molecule has 30 heavy (non-hydrogen) atoms. The molecule has 5 nitrogen and oxygen atoms in total. The molecule has 0 aromatic heterocycles. The minimum absolute atomic E-state index is 0.0743. The van der Waals surface area contributed by atoms with E-state index in [0.717, 1.165) is 35.8 Å². The van der Waals surface area contributed by atoms with Crippen LogP contribution in [0.4, 0.5) is 5.69 Å². The van der Waals surface area contributed by atoms with Crippen molar-refractivity contribution in [2.24, 2.45) is 0 Å². The van der Waals surface area contributed by atoms with Gasteiger partial charge < -0.3 is 19.3 Å². The van der Waals surface area contributed by atoms with Crippen LogP contribution < -0.4 is 14.4 Å². The third kappa shape index (κ3) is 4.57. The van der Waals surface area contributed by atoms with Crippen molar-refractivity contribution in [1.29, 1.82) is 0 Å². The van der Waals surface area contributed by atoms with Crippen LogP contribution in [-0.4, -0.2) is 44.1 Å². The second kappa shape index (κ2) is 9.35. The van der Waals surface area contributed by atoms with Gasteiger partial charge in [-0.2, -0.15) is 0 Å². The number of carbonyl (C=O) groups excluding carboxylic acids is 1. The summed E-state index contributed by atoms with van der Waals surface area (Å²) in [5.41, 5.74) is 2.83. The van der Waals surface area contributed by atoms with Crippen LogP contribution in [0.3, 0.4) is 0 Å². The van der Waals surface area contributed by atoms with Gasteiger partial charge in [-0.25, -0.2) is 0 Å². The van der Waals surface area contributed by atoms with Crippen molar-refractivity contribution in [2.45, 2.75) is 6.61 Å². The summed E-state index contributed by atoms with van der Waals surface area (Å²) in [4.78, 5) is 17.1. The first-order valence-electron chi connectivity index (χ1n) is 10.2. The highest BCUT2D eigenvalue weighted by atomic mass is 16.5. The monoisotopic (exact) mass is 402 g/mol. The lowest BCUT2D eigenvalue weighted by atomic mass is 10.1. The zero-order valence-electron chi connectivity index (χ0n) is 17.2. The topological polar surface area (TPSA) is 42.0 Å². The number of anilines is 1. The van der Waals surface area contributed by atoms with Crippen molar-refractivity contribution in [3.05, 3.63) is 90.0 Å². The zero-order valence-corrected chi connectivity index (χ0v) is 17.2. The fraction of sp³-hybridized carbons (Fsp3) is 0.240. The smallest absolute Gasteiger partial charge is 0.253 e. The van der Waals surface area contributed by atoms with E-state index in [0.29, 0.717) is 25.3 Å². The Bertz CT molecular complexity index is 965. The molecule has 1 aliphatic heterocycles.